The quantitative estimate of drug-likeness (QED) is 0.941. The Morgan fingerprint density at radius 3 is 2.30 bits per heavy atom. The molecule has 2 aromatic carbocycles. The van der Waals surface area contributed by atoms with E-state index in [9.17, 15) is 9.00 Å². The fraction of sp³-hybridized carbons (Fsp3) is 0.188. The average molecular weight is 287 g/mol. The second-order valence-corrected chi connectivity index (χ2v) is 6.06. The van der Waals surface area contributed by atoms with Crippen molar-refractivity contribution in [3.05, 3.63) is 59.2 Å². The average Bonchev–Trinajstić information content (AvgIpc) is 2.44. The lowest BCUT2D eigenvalue weighted by Gasteiger charge is -2.10. The molecule has 0 aliphatic heterocycles. The number of carbonyl (C=O) groups is 1. The van der Waals surface area contributed by atoms with Crippen molar-refractivity contribution >= 4 is 22.4 Å². The van der Waals surface area contributed by atoms with Gasteiger partial charge in [0.15, 0.2) is 0 Å². The Kier molecular flexibility index (Phi) is 4.35. The number of benzene rings is 2. The zero-order chi connectivity index (χ0) is 14.7. The van der Waals surface area contributed by atoms with Gasteiger partial charge in [-0.3, -0.25) is 9.00 Å². The van der Waals surface area contributed by atoms with E-state index in [2.05, 4.69) is 5.32 Å². The van der Waals surface area contributed by atoms with Crippen LogP contribution in [0.4, 0.5) is 5.69 Å². The van der Waals surface area contributed by atoms with Gasteiger partial charge in [0.1, 0.15) is 0 Å². The summed E-state index contributed by atoms with van der Waals surface area (Å²) in [7, 11) is -1.03. The molecule has 3 nitrogen and oxygen atoms in total. The predicted molar refractivity (Wildman–Crippen MR) is 82.6 cm³/mol. The molecule has 0 bridgehead atoms. The minimum atomic E-state index is -1.03. The number of rotatable bonds is 3. The lowest BCUT2D eigenvalue weighted by molar-refractivity contribution is 0.102. The first-order valence-electron chi connectivity index (χ1n) is 6.30. The molecule has 0 aromatic heterocycles. The summed E-state index contributed by atoms with van der Waals surface area (Å²) in [6, 6.07) is 12.6. The first kappa shape index (κ1) is 14.5. The van der Waals surface area contributed by atoms with Crippen molar-refractivity contribution in [2.45, 2.75) is 18.7 Å². The standard InChI is InChI=1S/C16H17NO2S/c1-11-5-4-6-15(12(11)2)17-16(18)13-7-9-14(10-8-13)20(3)19/h4-10H,1-3H3,(H,17,18). The summed E-state index contributed by atoms with van der Waals surface area (Å²) < 4.78 is 11.3. The summed E-state index contributed by atoms with van der Waals surface area (Å²) in [6.07, 6.45) is 1.62. The fourth-order valence-electron chi connectivity index (χ4n) is 1.88. The molecule has 4 heteroatoms. The normalized spacial score (nSPS) is 11.9. The minimum Gasteiger partial charge on any atom is -0.322 e. The van der Waals surface area contributed by atoms with Gasteiger partial charge in [-0.25, -0.2) is 0 Å². The van der Waals surface area contributed by atoms with Crippen LogP contribution in [0, 0.1) is 13.8 Å². The summed E-state index contributed by atoms with van der Waals surface area (Å²) in [5.74, 6) is -0.160. The number of nitrogens with one attached hydrogen (secondary N) is 1. The molecule has 0 radical (unpaired) electrons. The first-order chi connectivity index (χ1) is 9.49. The van der Waals surface area contributed by atoms with E-state index >= 15 is 0 Å². The molecule has 1 atom stereocenters. The third-order valence-electron chi connectivity index (χ3n) is 3.30. The highest BCUT2D eigenvalue weighted by molar-refractivity contribution is 7.84. The topological polar surface area (TPSA) is 46.2 Å². The van der Waals surface area contributed by atoms with E-state index in [1.165, 1.54) is 0 Å². The summed E-state index contributed by atoms with van der Waals surface area (Å²) in [4.78, 5) is 12.9. The van der Waals surface area contributed by atoms with Gasteiger partial charge in [-0.05, 0) is 55.3 Å². The van der Waals surface area contributed by atoms with Gasteiger partial charge in [-0.15, -0.1) is 0 Å². The molecule has 2 rings (SSSR count). The number of anilines is 1. The Bertz CT molecular complexity index is 663. The number of carbonyl (C=O) groups excluding carboxylic acids is 1. The van der Waals surface area contributed by atoms with Crippen molar-refractivity contribution in [1.82, 2.24) is 0 Å². The molecule has 0 spiro atoms. The van der Waals surface area contributed by atoms with Crippen LogP contribution in [0.3, 0.4) is 0 Å². The Balaban J connectivity index is 2.20. The van der Waals surface area contributed by atoms with Gasteiger partial charge in [0.25, 0.3) is 5.91 Å². The van der Waals surface area contributed by atoms with Crippen molar-refractivity contribution in [2.75, 3.05) is 11.6 Å². The fourth-order valence-corrected chi connectivity index (χ4v) is 2.40. The van der Waals surface area contributed by atoms with Crippen LogP contribution < -0.4 is 5.32 Å². The van der Waals surface area contributed by atoms with Crippen LogP contribution in [-0.2, 0) is 10.8 Å². The van der Waals surface area contributed by atoms with Gasteiger partial charge < -0.3 is 5.32 Å². The second kappa shape index (κ2) is 6.01. The van der Waals surface area contributed by atoms with E-state index in [0.29, 0.717) is 10.5 Å². The van der Waals surface area contributed by atoms with Crippen molar-refractivity contribution < 1.29 is 9.00 Å². The summed E-state index contributed by atoms with van der Waals surface area (Å²) in [5.41, 5.74) is 3.57. The van der Waals surface area contributed by atoms with E-state index in [0.717, 1.165) is 16.8 Å². The highest BCUT2D eigenvalue weighted by Gasteiger charge is 2.09. The molecule has 0 aliphatic carbocycles. The second-order valence-electron chi connectivity index (χ2n) is 4.68. The number of amides is 1. The molecule has 0 fully saturated rings. The maximum atomic E-state index is 12.2. The van der Waals surface area contributed by atoms with Gasteiger partial charge in [0.05, 0.1) is 0 Å². The maximum absolute atomic E-state index is 12.2. The van der Waals surface area contributed by atoms with Crippen molar-refractivity contribution in [2.24, 2.45) is 0 Å². The smallest absolute Gasteiger partial charge is 0.255 e. The summed E-state index contributed by atoms with van der Waals surface area (Å²) in [5, 5.41) is 2.90. The third-order valence-corrected chi connectivity index (χ3v) is 4.24. The van der Waals surface area contributed by atoms with E-state index in [-0.39, 0.29) is 5.91 Å². The first-order valence-corrected chi connectivity index (χ1v) is 7.86. The zero-order valence-electron chi connectivity index (χ0n) is 11.8. The largest absolute Gasteiger partial charge is 0.322 e. The highest BCUT2D eigenvalue weighted by Crippen LogP contribution is 2.19. The Hall–Kier alpha value is -1.94. The van der Waals surface area contributed by atoms with Gasteiger partial charge in [0.2, 0.25) is 0 Å². The van der Waals surface area contributed by atoms with Crippen LogP contribution in [-0.4, -0.2) is 16.4 Å². The van der Waals surface area contributed by atoms with Crippen molar-refractivity contribution in [3.8, 4) is 0 Å². The van der Waals surface area contributed by atoms with Gasteiger partial charge >= 0.3 is 0 Å². The van der Waals surface area contributed by atoms with Crippen LogP contribution in [0.5, 0.6) is 0 Å². The van der Waals surface area contributed by atoms with Gasteiger partial charge in [-0.1, -0.05) is 12.1 Å². The van der Waals surface area contributed by atoms with E-state index in [1.54, 1.807) is 30.5 Å². The van der Waals surface area contributed by atoms with Crippen molar-refractivity contribution in [3.63, 3.8) is 0 Å². The van der Waals surface area contributed by atoms with E-state index < -0.39 is 10.8 Å². The molecule has 0 heterocycles. The zero-order valence-corrected chi connectivity index (χ0v) is 12.6. The van der Waals surface area contributed by atoms with Crippen LogP contribution in [0.2, 0.25) is 0 Å². The molecular weight excluding hydrogens is 270 g/mol. The Morgan fingerprint density at radius 2 is 1.70 bits per heavy atom. The molecule has 2 aromatic rings. The van der Waals surface area contributed by atoms with Crippen LogP contribution in [0.25, 0.3) is 0 Å². The van der Waals surface area contributed by atoms with E-state index in [1.807, 2.05) is 32.0 Å². The van der Waals surface area contributed by atoms with Crippen molar-refractivity contribution in [1.29, 1.82) is 0 Å². The van der Waals surface area contributed by atoms with Gasteiger partial charge in [0, 0.05) is 33.2 Å². The minimum absolute atomic E-state index is 0.160. The number of aryl methyl sites for hydroxylation is 1. The SMILES string of the molecule is Cc1cccc(NC(=O)c2ccc(S(C)=O)cc2)c1C. The Labute approximate surface area is 121 Å². The van der Waals surface area contributed by atoms with E-state index in [4.69, 9.17) is 0 Å². The predicted octanol–water partition coefficient (Wildman–Crippen LogP) is 3.29. The molecule has 0 saturated carbocycles. The molecule has 1 unspecified atom stereocenters. The maximum Gasteiger partial charge on any atom is 0.255 e. The highest BCUT2D eigenvalue weighted by atomic mass is 32.2. The molecule has 104 valence electrons. The van der Waals surface area contributed by atoms with Crippen LogP contribution in [0.15, 0.2) is 47.4 Å². The molecule has 0 aliphatic rings. The van der Waals surface area contributed by atoms with Crippen LogP contribution in [0.1, 0.15) is 21.5 Å². The molecule has 1 N–H and O–H groups in total. The lowest BCUT2D eigenvalue weighted by Crippen LogP contribution is -2.13. The Morgan fingerprint density at radius 1 is 1.05 bits per heavy atom. The molecular formula is C16H17NO2S. The third kappa shape index (κ3) is 3.14. The molecule has 1 amide bonds. The van der Waals surface area contributed by atoms with Gasteiger partial charge in [-0.2, -0.15) is 0 Å². The van der Waals surface area contributed by atoms with Crippen LogP contribution >= 0.6 is 0 Å². The number of hydrogen-bond donors (Lipinski definition) is 1. The summed E-state index contributed by atoms with van der Waals surface area (Å²) >= 11 is 0. The molecule has 20 heavy (non-hydrogen) atoms. The number of hydrogen-bond acceptors (Lipinski definition) is 2. The lowest BCUT2D eigenvalue weighted by atomic mass is 10.1. The monoisotopic (exact) mass is 287 g/mol. The molecule has 0 saturated heterocycles. The summed E-state index contributed by atoms with van der Waals surface area (Å²) in [6.45, 7) is 3.99.